The topological polar surface area (TPSA) is 50.2 Å². The van der Waals surface area contributed by atoms with Crippen LogP contribution in [-0.2, 0) is 0 Å². The Morgan fingerprint density at radius 3 is 2.62 bits per heavy atom. The predicted molar refractivity (Wildman–Crippen MR) is 84.2 cm³/mol. The van der Waals surface area contributed by atoms with Gasteiger partial charge in [0.2, 0.25) is 0 Å². The molecule has 2 aromatic carbocycles. The van der Waals surface area contributed by atoms with Crippen LogP contribution in [0.15, 0.2) is 48.7 Å². The minimum absolute atomic E-state index is 0.228. The van der Waals surface area contributed by atoms with E-state index < -0.39 is 5.97 Å². The molecule has 0 aliphatic heterocycles. The van der Waals surface area contributed by atoms with Crippen molar-refractivity contribution < 1.29 is 9.90 Å². The van der Waals surface area contributed by atoms with Crippen molar-refractivity contribution in [1.29, 1.82) is 0 Å². The molecule has 0 unspecified atom stereocenters. The van der Waals surface area contributed by atoms with Gasteiger partial charge in [-0.25, -0.2) is 9.78 Å². The lowest BCUT2D eigenvalue weighted by Gasteiger charge is -2.09. The number of hydrogen-bond acceptors (Lipinski definition) is 2. The molecule has 3 nitrogen and oxygen atoms in total. The molecule has 0 aliphatic rings. The molecule has 1 N–H and O–H groups in total. The van der Waals surface area contributed by atoms with E-state index >= 15 is 0 Å². The normalized spacial score (nSPS) is 10.8. The fraction of sp³-hybridized carbons (Fsp3) is 0. The number of pyridine rings is 1. The Bertz CT molecular complexity index is 862. The smallest absolute Gasteiger partial charge is 0.335 e. The van der Waals surface area contributed by atoms with Gasteiger partial charge in [-0.15, -0.1) is 0 Å². The Morgan fingerprint density at radius 1 is 1.05 bits per heavy atom. The van der Waals surface area contributed by atoms with Crippen molar-refractivity contribution in [3.63, 3.8) is 0 Å². The van der Waals surface area contributed by atoms with E-state index in [1.807, 2.05) is 18.2 Å². The number of aromatic carboxylic acids is 1. The Hall–Kier alpha value is -2.10. The second-order valence-corrected chi connectivity index (χ2v) is 5.33. The van der Waals surface area contributed by atoms with Gasteiger partial charge in [0.1, 0.15) is 5.15 Å². The van der Waals surface area contributed by atoms with Crippen LogP contribution in [-0.4, -0.2) is 16.1 Å². The highest BCUT2D eigenvalue weighted by Crippen LogP contribution is 2.34. The molecule has 0 amide bonds. The van der Waals surface area contributed by atoms with Gasteiger partial charge in [-0.05, 0) is 34.5 Å². The molecule has 3 rings (SSSR count). The summed E-state index contributed by atoms with van der Waals surface area (Å²) in [6.07, 6.45) is 1.49. The van der Waals surface area contributed by atoms with Gasteiger partial charge in [-0.1, -0.05) is 47.5 Å². The Morgan fingerprint density at radius 2 is 1.86 bits per heavy atom. The molecule has 104 valence electrons. The number of carboxylic acid groups (broad SMARTS) is 1. The van der Waals surface area contributed by atoms with E-state index in [0.29, 0.717) is 10.2 Å². The maximum Gasteiger partial charge on any atom is 0.335 e. The first-order chi connectivity index (χ1) is 10.1. The van der Waals surface area contributed by atoms with Crippen molar-refractivity contribution in [1.82, 2.24) is 4.98 Å². The van der Waals surface area contributed by atoms with Gasteiger partial charge in [-0.2, -0.15) is 0 Å². The van der Waals surface area contributed by atoms with E-state index in [1.54, 1.807) is 24.3 Å². The molecule has 5 heteroatoms. The molecular formula is C16H9Cl2NO2. The number of halogens is 2. The molecule has 0 saturated heterocycles. The number of carbonyl (C=O) groups is 1. The summed E-state index contributed by atoms with van der Waals surface area (Å²) < 4.78 is 0. The standard InChI is InChI=1S/C16H9Cl2NO2/c17-14-8-19-15(18)7-13(14)11-3-1-2-9-4-5-10(16(20)21)6-12(9)11/h1-8H,(H,20,21). The zero-order chi connectivity index (χ0) is 15.0. The molecule has 1 heterocycles. The molecule has 1 aromatic heterocycles. The fourth-order valence-electron chi connectivity index (χ4n) is 2.26. The average Bonchev–Trinajstić information content (AvgIpc) is 2.48. The summed E-state index contributed by atoms with van der Waals surface area (Å²) >= 11 is 12.1. The van der Waals surface area contributed by atoms with Crippen molar-refractivity contribution in [3.05, 3.63) is 64.4 Å². The van der Waals surface area contributed by atoms with Crippen molar-refractivity contribution in [2.24, 2.45) is 0 Å². The minimum atomic E-state index is -0.967. The van der Waals surface area contributed by atoms with E-state index in [0.717, 1.165) is 21.9 Å². The summed E-state index contributed by atoms with van der Waals surface area (Å²) in [6, 6.07) is 12.4. The van der Waals surface area contributed by atoms with Crippen LogP contribution in [0.3, 0.4) is 0 Å². The second-order valence-electron chi connectivity index (χ2n) is 4.53. The van der Waals surface area contributed by atoms with E-state index in [4.69, 9.17) is 28.3 Å². The maximum atomic E-state index is 11.2. The van der Waals surface area contributed by atoms with Gasteiger partial charge >= 0.3 is 5.97 Å². The molecule has 0 radical (unpaired) electrons. The van der Waals surface area contributed by atoms with Gasteiger partial charge in [0.15, 0.2) is 0 Å². The van der Waals surface area contributed by atoms with Crippen molar-refractivity contribution in [2.45, 2.75) is 0 Å². The lowest BCUT2D eigenvalue weighted by atomic mass is 9.97. The van der Waals surface area contributed by atoms with Gasteiger partial charge in [0.05, 0.1) is 10.6 Å². The average molecular weight is 318 g/mol. The molecule has 3 aromatic rings. The van der Waals surface area contributed by atoms with Gasteiger partial charge in [0.25, 0.3) is 0 Å². The zero-order valence-corrected chi connectivity index (χ0v) is 12.2. The van der Waals surface area contributed by atoms with E-state index in [2.05, 4.69) is 4.98 Å². The Balaban J connectivity index is 2.34. The highest BCUT2D eigenvalue weighted by molar-refractivity contribution is 6.35. The maximum absolute atomic E-state index is 11.2. The monoisotopic (exact) mass is 317 g/mol. The van der Waals surface area contributed by atoms with Crippen LogP contribution < -0.4 is 0 Å². The third kappa shape index (κ3) is 2.58. The molecule has 0 aliphatic carbocycles. The molecule has 0 spiro atoms. The minimum Gasteiger partial charge on any atom is -0.478 e. The molecule has 0 fully saturated rings. The van der Waals surface area contributed by atoms with Gasteiger partial charge < -0.3 is 5.11 Å². The van der Waals surface area contributed by atoms with Crippen molar-refractivity contribution in [3.8, 4) is 11.1 Å². The number of nitrogens with zero attached hydrogens (tertiary/aromatic N) is 1. The molecule has 0 saturated carbocycles. The third-order valence-electron chi connectivity index (χ3n) is 3.24. The van der Waals surface area contributed by atoms with Crippen molar-refractivity contribution >= 4 is 39.9 Å². The lowest BCUT2D eigenvalue weighted by molar-refractivity contribution is 0.0697. The van der Waals surface area contributed by atoms with Gasteiger partial charge in [0, 0.05) is 11.8 Å². The van der Waals surface area contributed by atoms with Crippen LogP contribution in [0.4, 0.5) is 0 Å². The molecule has 0 atom stereocenters. The summed E-state index contributed by atoms with van der Waals surface area (Å²) in [6.45, 7) is 0. The Kier molecular flexibility index (Phi) is 3.53. The number of hydrogen-bond donors (Lipinski definition) is 1. The molecular weight excluding hydrogens is 309 g/mol. The predicted octanol–water partition coefficient (Wildman–Crippen LogP) is 4.91. The summed E-state index contributed by atoms with van der Waals surface area (Å²) in [4.78, 5) is 15.1. The first-order valence-corrected chi connectivity index (χ1v) is 6.89. The first kappa shape index (κ1) is 13.9. The summed E-state index contributed by atoms with van der Waals surface area (Å²) in [5, 5.41) is 11.7. The number of carboxylic acids is 1. The quantitative estimate of drug-likeness (QED) is 0.683. The summed E-state index contributed by atoms with van der Waals surface area (Å²) in [7, 11) is 0. The van der Waals surface area contributed by atoms with Crippen LogP contribution in [0.5, 0.6) is 0 Å². The first-order valence-electron chi connectivity index (χ1n) is 6.14. The fourth-order valence-corrected chi connectivity index (χ4v) is 2.62. The van der Waals surface area contributed by atoms with Gasteiger partial charge in [-0.3, -0.25) is 0 Å². The number of aromatic nitrogens is 1. The van der Waals surface area contributed by atoms with E-state index in [1.165, 1.54) is 6.20 Å². The highest BCUT2D eigenvalue weighted by atomic mass is 35.5. The zero-order valence-electron chi connectivity index (χ0n) is 10.7. The van der Waals surface area contributed by atoms with Crippen LogP contribution in [0.2, 0.25) is 10.2 Å². The SMILES string of the molecule is O=C(O)c1ccc2cccc(-c3cc(Cl)ncc3Cl)c2c1. The van der Waals surface area contributed by atoms with Crippen LogP contribution in [0.25, 0.3) is 21.9 Å². The van der Waals surface area contributed by atoms with Crippen LogP contribution in [0, 0.1) is 0 Å². The largest absolute Gasteiger partial charge is 0.478 e. The number of rotatable bonds is 2. The lowest BCUT2D eigenvalue weighted by Crippen LogP contribution is -1.96. The number of benzene rings is 2. The van der Waals surface area contributed by atoms with Crippen LogP contribution >= 0.6 is 23.2 Å². The van der Waals surface area contributed by atoms with E-state index in [-0.39, 0.29) is 5.56 Å². The number of fused-ring (bicyclic) bond motifs is 1. The highest BCUT2D eigenvalue weighted by Gasteiger charge is 2.11. The summed E-state index contributed by atoms with van der Waals surface area (Å²) in [5.74, 6) is -0.967. The Labute approximate surface area is 130 Å². The third-order valence-corrected chi connectivity index (χ3v) is 3.75. The van der Waals surface area contributed by atoms with Crippen LogP contribution in [0.1, 0.15) is 10.4 Å². The van der Waals surface area contributed by atoms with E-state index in [9.17, 15) is 4.79 Å². The molecule has 21 heavy (non-hydrogen) atoms. The second kappa shape index (κ2) is 5.35. The van der Waals surface area contributed by atoms with Crippen molar-refractivity contribution in [2.75, 3.05) is 0 Å². The molecule has 0 bridgehead atoms. The summed E-state index contributed by atoms with van der Waals surface area (Å²) in [5.41, 5.74) is 1.78.